The highest BCUT2D eigenvalue weighted by atomic mass is 16.1. The summed E-state index contributed by atoms with van der Waals surface area (Å²) in [6, 6.07) is 7.66. The monoisotopic (exact) mass is 283 g/mol. The van der Waals surface area contributed by atoms with Gasteiger partial charge >= 0.3 is 0 Å². The Kier molecular flexibility index (Phi) is 3.43. The first kappa shape index (κ1) is 13.4. The molecule has 0 saturated heterocycles. The van der Waals surface area contributed by atoms with Crippen molar-refractivity contribution in [2.75, 3.05) is 5.32 Å². The number of para-hydroxylation sites is 2. The second-order valence-corrected chi connectivity index (χ2v) is 4.88. The third-order valence-corrected chi connectivity index (χ3v) is 3.54. The Balaban J connectivity index is 2.01. The fourth-order valence-corrected chi connectivity index (χ4v) is 2.35. The Labute approximate surface area is 121 Å². The van der Waals surface area contributed by atoms with E-state index >= 15 is 0 Å². The molecule has 0 aliphatic heterocycles. The maximum atomic E-state index is 12.5. The molecule has 0 saturated carbocycles. The van der Waals surface area contributed by atoms with Crippen molar-refractivity contribution in [3.8, 4) is 0 Å². The van der Waals surface area contributed by atoms with Crippen LogP contribution < -0.4 is 10.9 Å². The molecule has 1 aromatic carbocycles. The van der Waals surface area contributed by atoms with Gasteiger partial charge in [-0.25, -0.2) is 4.98 Å². The summed E-state index contributed by atoms with van der Waals surface area (Å²) < 4.78 is 1.73. The maximum Gasteiger partial charge on any atom is 0.293 e. The van der Waals surface area contributed by atoms with Gasteiger partial charge in [-0.2, -0.15) is 5.10 Å². The lowest BCUT2D eigenvalue weighted by Crippen LogP contribution is -2.25. The van der Waals surface area contributed by atoms with E-state index in [0.717, 1.165) is 22.3 Å². The minimum absolute atomic E-state index is 0.103. The van der Waals surface area contributed by atoms with Crippen molar-refractivity contribution in [1.82, 2.24) is 19.7 Å². The first-order valence-corrected chi connectivity index (χ1v) is 6.93. The van der Waals surface area contributed by atoms with E-state index in [1.807, 2.05) is 38.1 Å². The molecule has 0 bridgehead atoms. The molecule has 3 rings (SSSR count). The quantitative estimate of drug-likeness (QED) is 0.768. The van der Waals surface area contributed by atoms with Gasteiger partial charge in [0.1, 0.15) is 0 Å². The first-order valence-electron chi connectivity index (χ1n) is 6.93. The predicted octanol–water partition coefficient (Wildman–Crippen LogP) is 2.06. The number of hydrogen-bond donors (Lipinski definition) is 2. The van der Waals surface area contributed by atoms with Crippen molar-refractivity contribution in [1.29, 1.82) is 0 Å². The Morgan fingerprint density at radius 3 is 2.86 bits per heavy atom. The number of aryl methyl sites for hydroxylation is 2. The van der Waals surface area contributed by atoms with Crippen LogP contribution in [-0.2, 0) is 13.1 Å². The lowest BCUT2D eigenvalue weighted by Gasteiger charge is -2.11. The predicted molar refractivity (Wildman–Crippen MR) is 82.3 cm³/mol. The van der Waals surface area contributed by atoms with E-state index in [9.17, 15) is 4.79 Å². The molecule has 21 heavy (non-hydrogen) atoms. The maximum absolute atomic E-state index is 12.5. The van der Waals surface area contributed by atoms with Crippen LogP contribution in [0.5, 0.6) is 0 Å². The van der Waals surface area contributed by atoms with Crippen LogP contribution >= 0.6 is 0 Å². The number of nitrogens with zero attached hydrogens (tertiary/aromatic N) is 3. The van der Waals surface area contributed by atoms with E-state index in [1.165, 1.54) is 0 Å². The zero-order valence-corrected chi connectivity index (χ0v) is 12.1. The lowest BCUT2D eigenvalue weighted by atomic mass is 10.2. The molecule has 0 aliphatic carbocycles. The fraction of sp³-hybridized carbons (Fsp3) is 0.267. The van der Waals surface area contributed by atoms with E-state index in [1.54, 1.807) is 10.8 Å². The molecule has 0 unspecified atom stereocenters. The number of anilines is 1. The van der Waals surface area contributed by atoms with Crippen LogP contribution in [0.3, 0.4) is 0 Å². The highest BCUT2D eigenvalue weighted by molar-refractivity contribution is 5.76. The van der Waals surface area contributed by atoms with Gasteiger partial charge in [0.2, 0.25) is 0 Å². The van der Waals surface area contributed by atoms with E-state index < -0.39 is 0 Å². The number of benzene rings is 1. The van der Waals surface area contributed by atoms with E-state index in [2.05, 4.69) is 20.5 Å². The molecule has 0 radical (unpaired) electrons. The van der Waals surface area contributed by atoms with Crippen LogP contribution in [0.4, 0.5) is 5.82 Å². The average molecular weight is 283 g/mol. The zero-order chi connectivity index (χ0) is 14.8. The van der Waals surface area contributed by atoms with Gasteiger partial charge in [-0.05, 0) is 31.5 Å². The Morgan fingerprint density at radius 2 is 2.14 bits per heavy atom. The largest absolute Gasteiger partial charge is 0.360 e. The van der Waals surface area contributed by atoms with Crippen LogP contribution in [-0.4, -0.2) is 19.7 Å². The highest BCUT2D eigenvalue weighted by Crippen LogP contribution is 2.12. The van der Waals surface area contributed by atoms with Gasteiger partial charge in [0.15, 0.2) is 5.82 Å². The molecule has 6 nitrogen and oxygen atoms in total. The molecule has 0 amide bonds. The molecule has 0 atom stereocenters. The Bertz CT molecular complexity index is 833. The third-order valence-electron chi connectivity index (χ3n) is 3.54. The van der Waals surface area contributed by atoms with E-state index in [0.29, 0.717) is 18.9 Å². The van der Waals surface area contributed by atoms with Gasteiger partial charge in [0.05, 0.1) is 29.5 Å². The SMILES string of the molecule is CCn1c(=O)c(NCc2[nH]ncc2C)nc2ccccc21. The van der Waals surface area contributed by atoms with E-state index in [4.69, 9.17) is 0 Å². The average Bonchev–Trinajstić information content (AvgIpc) is 2.90. The minimum Gasteiger partial charge on any atom is -0.360 e. The third kappa shape index (κ3) is 2.40. The first-order chi connectivity index (χ1) is 10.2. The number of H-pyrrole nitrogens is 1. The summed E-state index contributed by atoms with van der Waals surface area (Å²) >= 11 is 0. The smallest absolute Gasteiger partial charge is 0.293 e. The van der Waals surface area contributed by atoms with Crippen molar-refractivity contribution >= 4 is 16.9 Å². The fourth-order valence-electron chi connectivity index (χ4n) is 2.35. The van der Waals surface area contributed by atoms with Crippen LogP contribution in [0.15, 0.2) is 35.3 Å². The summed E-state index contributed by atoms with van der Waals surface area (Å²) in [5, 5.41) is 9.99. The number of fused-ring (bicyclic) bond motifs is 1. The lowest BCUT2D eigenvalue weighted by molar-refractivity contribution is 0.753. The topological polar surface area (TPSA) is 75.6 Å². The van der Waals surface area contributed by atoms with Gasteiger partial charge in [0.25, 0.3) is 5.56 Å². The summed E-state index contributed by atoms with van der Waals surface area (Å²) in [5.41, 5.74) is 3.57. The minimum atomic E-state index is -0.103. The number of rotatable bonds is 4. The molecule has 2 heterocycles. The summed E-state index contributed by atoms with van der Waals surface area (Å²) in [4.78, 5) is 16.9. The van der Waals surface area contributed by atoms with Gasteiger partial charge in [-0.15, -0.1) is 0 Å². The summed E-state index contributed by atoms with van der Waals surface area (Å²) in [7, 11) is 0. The van der Waals surface area contributed by atoms with Gasteiger partial charge in [0, 0.05) is 6.54 Å². The van der Waals surface area contributed by atoms with Crippen molar-refractivity contribution in [3.63, 3.8) is 0 Å². The summed E-state index contributed by atoms with van der Waals surface area (Å²) in [5.74, 6) is 0.365. The number of nitrogens with one attached hydrogen (secondary N) is 2. The van der Waals surface area contributed by atoms with Gasteiger partial charge < -0.3 is 9.88 Å². The molecular formula is C15H17N5O. The van der Waals surface area contributed by atoms with Crippen molar-refractivity contribution in [2.45, 2.75) is 26.9 Å². The van der Waals surface area contributed by atoms with Crippen LogP contribution in [0.25, 0.3) is 11.0 Å². The van der Waals surface area contributed by atoms with Crippen molar-refractivity contribution in [3.05, 3.63) is 52.1 Å². The second kappa shape index (κ2) is 5.40. The highest BCUT2D eigenvalue weighted by Gasteiger charge is 2.10. The molecule has 0 fully saturated rings. The molecule has 2 aromatic heterocycles. The Hall–Kier alpha value is -2.63. The van der Waals surface area contributed by atoms with E-state index in [-0.39, 0.29) is 5.56 Å². The molecule has 3 aromatic rings. The molecular weight excluding hydrogens is 266 g/mol. The van der Waals surface area contributed by atoms with Crippen LogP contribution in [0.2, 0.25) is 0 Å². The molecule has 0 spiro atoms. The summed E-state index contributed by atoms with van der Waals surface area (Å²) in [6.07, 6.45) is 1.76. The normalized spacial score (nSPS) is 11.0. The zero-order valence-electron chi connectivity index (χ0n) is 12.1. The number of hydrogen-bond acceptors (Lipinski definition) is 4. The second-order valence-electron chi connectivity index (χ2n) is 4.88. The molecule has 0 aliphatic rings. The summed E-state index contributed by atoms with van der Waals surface area (Å²) in [6.45, 7) is 5.03. The molecule has 108 valence electrons. The van der Waals surface area contributed by atoms with Crippen molar-refractivity contribution in [2.24, 2.45) is 0 Å². The van der Waals surface area contributed by atoms with Crippen LogP contribution in [0, 0.1) is 6.92 Å². The van der Waals surface area contributed by atoms with Gasteiger partial charge in [-0.3, -0.25) is 9.89 Å². The molecule has 6 heteroatoms. The van der Waals surface area contributed by atoms with Gasteiger partial charge in [-0.1, -0.05) is 12.1 Å². The standard InChI is InChI=1S/C15H17N5O/c1-3-20-13-7-5-4-6-11(13)18-14(15(20)21)16-9-12-10(2)8-17-19-12/h4-8H,3,9H2,1-2H3,(H,16,18)(H,17,19). The number of aromatic amines is 1. The number of aromatic nitrogens is 4. The molecule has 2 N–H and O–H groups in total. The van der Waals surface area contributed by atoms with Crippen LogP contribution in [0.1, 0.15) is 18.2 Å². The Morgan fingerprint density at radius 1 is 1.33 bits per heavy atom. The van der Waals surface area contributed by atoms with Crippen molar-refractivity contribution < 1.29 is 0 Å².